The van der Waals surface area contributed by atoms with E-state index in [-0.39, 0.29) is 5.88 Å². The van der Waals surface area contributed by atoms with Crippen molar-refractivity contribution in [2.75, 3.05) is 0 Å². The first-order chi connectivity index (χ1) is 15.9. The first kappa shape index (κ1) is 22.3. The average molecular weight is 447 g/mol. The summed E-state index contributed by atoms with van der Waals surface area (Å²) < 4.78 is 7.14. The van der Waals surface area contributed by atoms with Crippen LogP contribution in [-0.4, -0.2) is 41.8 Å². The van der Waals surface area contributed by atoms with Crippen molar-refractivity contribution in [2.45, 2.75) is 45.8 Å². The molecule has 0 spiro atoms. The number of aliphatic hydroxyl groups is 1. The van der Waals surface area contributed by atoms with E-state index >= 15 is 0 Å². The monoisotopic (exact) mass is 446 g/mol. The topological polar surface area (TPSA) is 119 Å². The zero-order valence-electron chi connectivity index (χ0n) is 18.8. The predicted molar refractivity (Wildman–Crippen MR) is 122 cm³/mol. The molecule has 0 saturated carbocycles. The van der Waals surface area contributed by atoms with Gasteiger partial charge in [0.05, 0.1) is 6.54 Å². The van der Waals surface area contributed by atoms with Crippen molar-refractivity contribution in [3.8, 4) is 28.4 Å². The molecule has 2 heterocycles. The molecule has 4 rings (SSSR count). The molecule has 0 aliphatic rings. The lowest BCUT2D eigenvalue weighted by atomic mass is 9.98. The number of ether oxygens (including phenoxy) is 1. The third-order valence-electron chi connectivity index (χ3n) is 5.35. The van der Waals surface area contributed by atoms with Crippen LogP contribution in [0.15, 0.2) is 48.5 Å². The maximum Gasteiger partial charge on any atom is 0.299 e. The van der Waals surface area contributed by atoms with Gasteiger partial charge in [-0.2, -0.15) is 0 Å². The van der Waals surface area contributed by atoms with Gasteiger partial charge in [0.2, 0.25) is 5.88 Å². The summed E-state index contributed by atoms with van der Waals surface area (Å²) in [7, 11) is 0. The molecule has 9 nitrogen and oxygen atoms in total. The van der Waals surface area contributed by atoms with E-state index in [0.29, 0.717) is 31.0 Å². The third-order valence-corrected chi connectivity index (χ3v) is 5.35. The van der Waals surface area contributed by atoms with Crippen LogP contribution >= 0.6 is 0 Å². The minimum atomic E-state index is -1.24. The molecule has 170 valence electrons. The third kappa shape index (κ3) is 4.68. The van der Waals surface area contributed by atoms with Crippen LogP contribution in [0.5, 0.6) is 5.88 Å². The normalized spacial score (nSPS) is 11.5. The summed E-state index contributed by atoms with van der Waals surface area (Å²) in [5, 5.41) is 24.7. The molecule has 0 unspecified atom stereocenters. The number of H-pyrrole nitrogens is 1. The van der Waals surface area contributed by atoms with E-state index in [2.05, 4.69) is 32.5 Å². The fourth-order valence-corrected chi connectivity index (χ4v) is 3.81. The molecule has 0 radical (unpaired) electrons. The first-order valence-electron chi connectivity index (χ1n) is 10.8. The molecular weight excluding hydrogens is 420 g/mol. The van der Waals surface area contributed by atoms with Crippen LogP contribution in [-0.2, 0) is 23.4 Å². The number of benzene rings is 2. The number of carbonyl (C=O) groups excluding carboxylic acids is 1. The number of nitrogens with zero attached hydrogens (tertiary/aromatic N) is 5. The number of rotatable bonds is 9. The van der Waals surface area contributed by atoms with Gasteiger partial charge >= 0.3 is 0 Å². The maximum absolute atomic E-state index is 11.2. The molecule has 4 aromatic rings. The van der Waals surface area contributed by atoms with Crippen molar-refractivity contribution in [2.24, 2.45) is 0 Å². The minimum Gasteiger partial charge on any atom is -0.409 e. The van der Waals surface area contributed by atoms with E-state index in [4.69, 9.17) is 4.74 Å². The van der Waals surface area contributed by atoms with E-state index in [1.165, 1.54) is 0 Å². The van der Waals surface area contributed by atoms with Gasteiger partial charge in [0.1, 0.15) is 17.1 Å². The number of aromatic nitrogens is 6. The van der Waals surface area contributed by atoms with Gasteiger partial charge < -0.3 is 9.84 Å². The molecule has 2 aromatic heterocycles. The highest BCUT2D eigenvalue weighted by Gasteiger charge is 2.29. The van der Waals surface area contributed by atoms with Crippen LogP contribution in [0.2, 0.25) is 0 Å². The molecule has 2 aromatic carbocycles. The van der Waals surface area contributed by atoms with Crippen molar-refractivity contribution in [1.82, 2.24) is 30.2 Å². The molecule has 0 bridgehead atoms. The first-order valence-corrected chi connectivity index (χ1v) is 10.8. The second kappa shape index (κ2) is 9.33. The van der Waals surface area contributed by atoms with Crippen LogP contribution in [0.4, 0.5) is 0 Å². The van der Waals surface area contributed by atoms with E-state index in [1.54, 1.807) is 13.8 Å². The molecule has 0 saturated heterocycles. The Balaban J connectivity index is 1.68. The van der Waals surface area contributed by atoms with Crippen LogP contribution in [0, 0.1) is 0 Å². The van der Waals surface area contributed by atoms with Gasteiger partial charge in [-0.05, 0) is 47.4 Å². The standard InChI is InChI=1S/C24H26N6O3/c1-4-7-20-25-21(24(2,3)32)23(33-15-31)30(20)14-16-10-12-17(13-11-16)18-8-5-6-9-19(18)22-26-28-29-27-22/h5-6,8-13,15,32H,4,7,14H2,1-3H3,(H,26,27,28,29). The predicted octanol–water partition coefficient (Wildman–Crippen LogP) is 3.49. The fourth-order valence-electron chi connectivity index (χ4n) is 3.81. The number of aryl methyl sites for hydroxylation is 1. The lowest BCUT2D eigenvalue weighted by Gasteiger charge is -2.16. The molecule has 0 aliphatic carbocycles. The molecule has 33 heavy (non-hydrogen) atoms. The summed E-state index contributed by atoms with van der Waals surface area (Å²) in [6.45, 7) is 6.14. The second-order valence-corrected chi connectivity index (χ2v) is 8.28. The number of hydrogen-bond acceptors (Lipinski definition) is 7. The van der Waals surface area contributed by atoms with Gasteiger partial charge in [-0.15, -0.1) is 5.10 Å². The molecule has 0 aliphatic heterocycles. The molecule has 2 N–H and O–H groups in total. The van der Waals surface area contributed by atoms with Crippen LogP contribution in [0.3, 0.4) is 0 Å². The van der Waals surface area contributed by atoms with Crippen LogP contribution < -0.4 is 4.74 Å². The zero-order valence-corrected chi connectivity index (χ0v) is 18.8. The maximum atomic E-state index is 11.2. The largest absolute Gasteiger partial charge is 0.409 e. The van der Waals surface area contributed by atoms with Gasteiger partial charge in [0.25, 0.3) is 6.47 Å². The summed E-state index contributed by atoms with van der Waals surface area (Å²) in [4.78, 5) is 15.8. The van der Waals surface area contributed by atoms with Crippen LogP contribution in [0.25, 0.3) is 22.5 Å². The average Bonchev–Trinajstić information content (AvgIpc) is 3.44. The summed E-state index contributed by atoms with van der Waals surface area (Å²) in [6.07, 6.45) is 1.57. The van der Waals surface area contributed by atoms with Crippen LogP contribution in [0.1, 0.15) is 44.3 Å². The van der Waals surface area contributed by atoms with E-state index in [1.807, 2.05) is 53.1 Å². The Morgan fingerprint density at radius 2 is 1.85 bits per heavy atom. The van der Waals surface area contributed by atoms with Crippen molar-refractivity contribution in [3.63, 3.8) is 0 Å². The number of aromatic amines is 1. The highest BCUT2D eigenvalue weighted by atomic mass is 16.5. The number of nitrogens with one attached hydrogen (secondary N) is 1. The molecule has 0 fully saturated rings. The molecule has 0 atom stereocenters. The smallest absolute Gasteiger partial charge is 0.299 e. The van der Waals surface area contributed by atoms with Crippen molar-refractivity contribution in [1.29, 1.82) is 0 Å². The Morgan fingerprint density at radius 3 is 2.45 bits per heavy atom. The van der Waals surface area contributed by atoms with Gasteiger partial charge in [-0.25, -0.2) is 10.1 Å². The minimum absolute atomic E-state index is 0.271. The van der Waals surface area contributed by atoms with E-state index in [9.17, 15) is 9.90 Å². The van der Waals surface area contributed by atoms with Crippen molar-refractivity contribution in [3.05, 3.63) is 65.6 Å². The number of hydrogen-bond donors (Lipinski definition) is 2. The Labute approximate surface area is 191 Å². The Hall–Kier alpha value is -3.85. The summed E-state index contributed by atoms with van der Waals surface area (Å²) in [5.41, 5.74) is 3.05. The van der Waals surface area contributed by atoms with Crippen molar-refractivity contribution < 1.29 is 14.6 Å². The van der Waals surface area contributed by atoms with Gasteiger partial charge in [-0.1, -0.05) is 55.5 Å². The number of carbonyl (C=O) groups is 1. The zero-order chi connectivity index (χ0) is 23.4. The Kier molecular flexibility index (Phi) is 6.32. The van der Waals surface area contributed by atoms with Gasteiger partial charge in [0.15, 0.2) is 5.82 Å². The lowest BCUT2D eigenvalue weighted by molar-refractivity contribution is -0.121. The molecular formula is C24H26N6O3. The summed E-state index contributed by atoms with van der Waals surface area (Å²) in [5.74, 6) is 1.64. The van der Waals surface area contributed by atoms with Gasteiger partial charge in [0, 0.05) is 12.0 Å². The van der Waals surface area contributed by atoms with E-state index < -0.39 is 5.60 Å². The SMILES string of the molecule is CCCc1nc(C(C)(C)O)c(OC=O)n1Cc1ccc(-c2ccccc2-c2nnn[nH]2)cc1. The van der Waals surface area contributed by atoms with Gasteiger partial charge in [-0.3, -0.25) is 9.36 Å². The number of tetrazole rings is 1. The lowest BCUT2D eigenvalue weighted by Crippen LogP contribution is -2.18. The van der Waals surface area contributed by atoms with Crippen molar-refractivity contribution >= 4 is 6.47 Å². The second-order valence-electron chi connectivity index (χ2n) is 8.28. The highest BCUT2D eigenvalue weighted by Crippen LogP contribution is 2.33. The summed E-state index contributed by atoms with van der Waals surface area (Å²) >= 11 is 0. The fraction of sp³-hybridized carbons (Fsp3) is 0.292. The summed E-state index contributed by atoms with van der Waals surface area (Å²) in [6, 6.07) is 16.0. The molecule has 9 heteroatoms. The Bertz CT molecular complexity index is 1220. The quantitative estimate of drug-likeness (QED) is 0.378. The Morgan fingerprint density at radius 1 is 1.12 bits per heavy atom. The highest BCUT2D eigenvalue weighted by molar-refractivity contribution is 5.80. The molecule has 0 amide bonds. The number of imidazole rings is 1. The van der Waals surface area contributed by atoms with E-state index in [0.717, 1.165) is 34.5 Å².